The molecule has 1 N–H and O–H groups in total. The molecule has 4 rings (SSSR count). The molecule has 0 aliphatic heterocycles. The summed E-state index contributed by atoms with van der Waals surface area (Å²) < 4.78 is 5.66. The van der Waals surface area contributed by atoms with E-state index in [2.05, 4.69) is 20.4 Å². The Kier molecular flexibility index (Phi) is 4.14. The van der Waals surface area contributed by atoms with Crippen molar-refractivity contribution in [2.24, 2.45) is 0 Å². The summed E-state index contributed by atoms with van der Waals surface area (Å²) in [4.78, 5) is 0. The first kappa shape index (κ1) is 15.4. The summed E-state index contributed by atoms with van der Waals surface area (Å²) in [6.45, 7) is 0. The number of nitrogens with zero attached hydrogens (tertiary/aromatic N) is 3. The third-order valence-electron chi connectivity index (χ3n) is 3.61. The highest BCUT2D eigenvalue weighted by Gasteiger charge is 2.11. The molecule has 0 radical (unpaired) electrons. The predicted molar refractivity (Wildman–Crippen MR) is 97.7 cm³/mol. The minimum absolute atomic E-state index is 0.389. The summed E-state index contributed by atoms with van der Waals surface area (Å²) in [5, 5.41) is 16.0. The van der Waals surface area contributed by atoms with Crippen molar-refractivity contribution in [3.8, 4) is 22.8 Å². The number of nitrogens with one attached hydrogen (secondary N) is 1. The van der Waals surface area contributed by atoms with Gasteiger partial charge < -0.3 is 4.42 Å². The first-order valence-electron chi connectivity index (χ1n) is 7.66. The minimum atomic E-state index is 0.389. The van der Waals surface area contributed by atoms with Crippen LogP contribution in [0.15, 0.2) is 65.1 Å². The van der Waals surface area contributed by atoms with Crippen LogP contribution in [0.3, 0.4) is 0 Å². The second kappa shape index (κ2) is 6.75. The molecule has 0 amide bonds. The Bertz CT molecular complexity index is 1000. The van der Waals surface area contributed by atoms with Crippen molar-refractivity contribution in [2.45, 2.75) is 0 Å². The van der Waals surface area contributed by atoms with Gasteiger partial charge in [-0.2, -0.15) is 5.10 Å². The number of hydrogen-bond donors (Lipinski definition) is 1. The molecule has 2 aromatic carbocycles. The van der Waals surface area contributed by atoms with E-state index in [-0.39, 0.29) is 0 Å². The van der Waals surface area contributed by atoms with Gasteiger partial charge in [0.1, 0.15) is 5.69 Å². The van der Waals surface area contributed by atoms with Crippen molar-refractivity contribution in [1.82, 2.24) is 20.4 Å². The molecule has 0 unspecified atom stereocenters. The average molecular weight is 349 g/mol. The van der Waals surface area contributed by atoms with E-state index in [4.69, 9.17) is 16.0 Å². The second-order valence-electron chi connectivity index (χ2n) is 5.36. The van der Waals surface area contributed by atoms with Gasteiger partial charge in [0.15, 0.2) is 0 Å². The van der Waals surface area contributed by atoms with E-state index in [0.29, 0.717) is 22.5 Å². The van der Waals surface area contributed by atoms with Crippen molar-refractivity contribution in [2.75, 3.05) is 0 Å². The highest BCUT2D eigenvalue weighted by molar-refractivity contribution is 6.30. The van der Waals surface area contributed by atoms with Crippen molar-refractivity contribution in [1.29, 1.82) is 0 Å². The van der Waals surface area contributed by atoms with Crippen LogP contribution in [0.1, 0.15) is 11.5 Å². The molecule has 0 spiro atoms. The molecule has 0 saturated carbocycles. The van der Waals surface area contributed by atoms with E-state index in [1.807, 2.05) is 66.7 Å². The Morgan fingerprint density at radius 2 is 1.72 bits per heavy atom. The van der Waals surface area contributed by atoms with Gasteiger partial charge in [0, 0.05) is 16.7 Å². The molecule has 4 aromatic rings. The monoisotopic (exact) mass is 348 g/mol. The Morgan fingerprint density at radius 3 is 2.52 bits per heavy atom. The fourth-order valence-corrected chi connectivity index (χ4v) is 2.47. The van der Waals surface area contributed by atoms with Crippen LogP contribution in [0.4, 0.5) is 0 Å². The molecule has 122 valence electrons. The molecule has 6 heteroatoms. The third-order valence-corrected chi connectivity index (χ3v) is 3.86. The molecule has 0 aliphatic rings. The van der Waals surface area contributed by atoms with Crippen LogP contribution in [-0.2, 0) is 0 Å². The van der Waals surface area contributed by atoms with Gasteiger partial charge >= 0.3 is 0 Å². The third kappa shape index (κ3) is 3.51. The zero-order chi connectivity index (χ0) is 17.1. The topological polar surface area (TPSA) is 67.6 Å². The van der Waals surface area contributed by atoms with Crippen LogP contribution in [0, 0.1) is 0 Å². The number of aromatic amines is 1. The van der Waals surface area contributed by atoms with Crippen LogP contribution < -0.4 is 0 Å². The fraction of sp³-hybridized carbons (Fsp3) is 0. The van der Waals surface area contributed by atoms with Crippen LogP contribution >= 0.6 is 11.6 Å². The molecular weight excluding hydrogens is 336 g/mol. The number of rotatable bonds is 4. The number of hydrogen-bond acceptors (Lipinski definition) is 4. The lowest BCUT2D eigenvalue weighted by Crippen LogP contribution is -1.77. The van der Waals surface area contributed by atoms with Gasteiger partial charge in [0.2, 0.25) is 5.89 Å². The maximum absolute atomic E-state index is 5.91. The van der Waals surface area contributed by atoms with Crippen LogP contribution in [0.2, 0.25) is 5.02 Å². The van der Waals surface area contributed by atoms with Crippen LogP contribution in [0.25, 0.3) is 35.0 Å². The minimum Gasteiger partial charge on any atom is -0.415 e. The molecule has 0 bridgehead atoms. The average Bonchev–Trinajstić information content (AvgIpc) is 3.31. The fourth-order valence-electron chi connectivity index (χ4n) is 2.34. The molecule has 2 aromatic heterocycles. The molecule has 25 heavy (non-hydrogen) atoms. The molecule has 5 nitrogen and oxygen atoms in total. The van der Waals surface area contributed by atoms with Gasteiger partial charge in [0.05, 0.1) is 5.69 Å². The van der Waals surface area contributed by atoms with E-state index in [9.17, 15) is 0 Å². The van der Waals surface area contributed by atoms with Gasteiger partial charge in [-0.15, -0.1) is 10.2 Å². The highest BCUT2D eigenvalue weighted by Crippen LogP contribution is 2.24. The number of H-pyrrole nitrogens is 1. The van der Waals surface area contributed by atoms with Gasteiger partial charge in [-0.05, 0) is 29.8 Å². The van der Waals surface area contributed by atoms with E-state index < -0.39 is 0 Å². The summed E-state index contributed by atoms with van der Waals surface area (Å²) >= 11 is 5.91. The lowest BCUT2D eigenvalue weighted by atomic mass is 10.1. The maximum atomic E-state index is 5.91. The second-order valence-corrected chi connectivity index (χ2v) is 5.80. The summed E-state index contributed by atoms with van der Waals surface area (Å²) in [7, 11) is 0. The Balaban J connectivity index is 1.54. The maximum Gasteiger partial charge on any atom is 0.266 e. The van der Waals surface area contributed by atoms with E-state index in [0.717, 1.165) is 16.8 Å². The van der Waals surface area contributed by atoms with E-state index in [1.165, 1.54) is 0 Å². The van der Waals surface area contributed by atoms with Gasteiger partial charge in [-0.1, -0.05) is 54.1 Å². The summed E-state index contributed by atoms with van der Waals surface area (Å²) in [5.74, 6) is 0.821. The van der Waals surface area contributed by atoms with E-state index in [1.54, 1.807) is 6.08 Å². The normalized spacial score (nSPS) is 11.2. The van der Waals surface area contributed by atoms with Crippen molar-refractivity contribution in [3.63, 3.8) is 0 Å². The zero-order valence-electron chi connectivity index (χ0n) is 13.1. The quantitative estimate of drug-likeness (QED) is 0.566. The molecular formula is C19H13ClN4O. The molecule has 2 heterocycles. The summed E-state index contributed by atoms with van der Waals surface area (Å²) in [6, 6.07) is 19.2. The lowest BCUT2D eigenvalue weighted by Gasteiger charge is -1.94. The van der Waals surface area contributed by atoms with Crippen LogP contribution in [0.5, 0.6) is 0 Å². The summed E-state index contributed by atoms with van der Waals surface area (Å²) in [5.41, 5.74) is 3.47. The largest absolute Gasteiger partial charge is 0.415 e. The van der Waals surface area contributed by atoms with Gasteiger partial charge in [-0.25, -0.2) is 0 Å². The molecule has 0 saturated heterocycles. The Hall–Kier alpha value is -3.18. The predicted octanol–water partition coefficient (Wildman–Crippen LogP) is 4.95. The highest BCUT2D eigenvalue weighted by atomic mass is 35.5. The van der Waals surface area contributed by atoms with Gasteiger partial charge in [-0.3, -0.25) is 5.10 Å². The first-order chi connectivity index (χ1) is 12.3. The standard InChI is InChI=1S/C19H13ClN4O/c20-15-9-7-14(8-10-15)16-12-17(22-21-16)19-24-23-18(25-19)11-6-13-4-2-1-3-5-13/h1-12H,(H,21,22)/b11-6-. The molecule has 0 aliphatic carbocycles. The Morgan fingerprint density at radius 1 is 0.920 bits per heavy atom. The van der Waals surface area contributed by atoms with Crippen molar-refractivity contribution in [3.05, 3.63) is 77.1 Å². The van der Waals surface area contributed by atoms with Crippen molar-refractivity contribution >= 4 is 23.8 Å². The summed E-state index contributed by atoms with van der Waals surface area (Å²) in [6.07, 6.45) is 3.70. The zero-order valence-corrected chi connectivity index (χ0v) is 13.8. The first-order valence-corrected chi connectivity index (χ1v) is 8.04. The number of aromatic nitrogens is 4. The molecule has 0 atom stereocenters. The smallest absolute Gasteiger partial charge is 0.266 e. The van der Waals surface area contributed by atoms with Crippen LogP contribution in [-0.4, -0.2) is 20.4 Å². The number of halogens is 1. The van der Waals surface area contributed by atoms with Crippen molar-refractivity contribution < 1.29 is 4.42 Å². The molecule has 0 fully saturated rings. The van der Waals surface area contributed by atoms with E-state index >= 15 is 0 Å². The Labute approximate surface area is 149 Å². The SMILES string of the molecule is Clc1ccc(-c2cc(-c3nnc(/C=C\c4ccccc4)o3)[nH]n2)cc1. The number of benzene rings is 2. The van der Waals surface area contributed by atoms with Gasteiger partial charge in [0.25, 0.3) is 5.89 Å². The lowest BCUT2D eigenvalue weighted by molar-refractivity contribution is 0.555.